The van der Waals surface area contributed by atoms with Crippen LogP contribution in [0.25, 0.3) is 0 Å². The number of carboxylic acid groups (broad SMARTS) is 1. The van der Waals surface area contributed by atoms with Crippen molar-refractivity contribution < 1.29 is 23.8 Å². The number of nitrogens with two attached hydrogens (primary N) is 2. The second-order valence-electron chi connectivity index (χ2n) is 4.14. The van der Waals surface area contributed by atoms with Crippen LogP contribution in [0.2, 0.25) is 0 Å². The number of aliphatic carboxylic acids is 1. The number of hydrogen-bond donors (Lipinski definition) is 3. The summed E-state index contributed by atoms with van der Waals surface area (Å²) >= 11 is 0. The highest BCUT2D eigenvalue weighted by molar-refractivity contribution is 5.77. The minimum absolute atomic E-state index is 0.149. The van der Waals surface area contributed by atoms with Crippen molar-refractivity contribution in [2.75, 3.05) is 0 Å². The van der Waals surface area contributed by atoms with Gasteiger partial charge in [0.15, 0.2) is 0 Å². The van der Waals surface area contributed by atoms with Crippen LogP contribution in [0, 0.1) is 5.82 Å². The maximum Gasteiger partial charge on any atom is 0.311 e. The molecule has 1 heterocycles. The Balaban J connectivity index is 0.000000399. The molecule has 1 aromatic rings. The van der Waals surface area contributed by atoms with E-state index in [0.717, 1.165) is 0 Å². The standard InChI is InChI=1S/C11H11FO3.CH4N2O/c1-6-4-9(11(13)14)8-5-7(12)2-3-10(8)15-6;2-1(3)4/h2-3,5-6,9H,4H2,1H3,(H,13,14);(H4,2,3,4). The monoisotopic (exact) mass is 270 g/mol. The zero-order valence-corrected chi connectivity index (χ0v) is 10.3. The summed E-state index contributed by atoms with van der Waals surface area (Å²) in [5.74, 6) is -1.56. The van der Waals surface area contributed by atoms with Gasteiger partial charge in [-0.15, -0.1) is 0 Å². The topological polar surface area (TPSA) is 116 Å². The van der Waals surface area contributed by atoms with Crippen LogP contribution in [0.5, 0.6) is 5.75 Å². The molecule has 5 N–H and O–H groups in total. The van der Waals surface area contributed by atoms with Gasteiger partial charge in [0, 0.05) is 12.0 Å². The summed E-state index contributed by atoms with van der Waals surface area (Å²) in [5, 5.41) is 9.02. The zero-order valence-electron chi connectivity index (χ0n) is 10.3. The molecule has 6 nitrogen and oxygen atoms in total. The molecule has 2 amide bonds. The van der Waals surface area contributed by atoms with Gasteiger partial charge in [-0.25, -0.2) is 9.18 Å². The number of ether oxygens (including phenoxy) is 1. The molecule has 7 heteroatoms. The van der Waals surface area contributed by atoms with Crippen molar-refractivity contribution in [1.82, 2.24) is 0 Å². The van der Waals surface area contributed by atoms with Crippen LogP contribution in [0.15, 0.2) is 18.2 Å². The maximum atomic E-state index is 13.0. The van der Waals surface area contributed by atoms with Crippen molar-refractivity contribution in [3.8, 4) is 5.75 Å². The number of rotatable bonds is 1. The number of carbonyl (C=O) groups is 2. The zero-order chi connectivity index (χ0) is 14.6. The van der Waals surface area contributed by atoms with E-state index in [9.17, 15) is 9.18 Å². The SMILES string of the molecule is CC1CC(C(=O)O)c2cc(F)ccc2O1.NC(N)=O. The van der Waals surface area contributed by atoms with Crippen LogP contribution in [0.4, 0.5) is 9.18 Å². The predicted octanol–water partition coefficient (Wildman–Crippen LogP) is 1.19. The number of fused-ring (bicyclic) bond motifs is 1. The lowest BCUT2D eigenvalue weighted by Gasteiger charge is -2.27. The second-order valence-corrected chi connectivity index (χ2v) is 4.14. The van der Waals surface area contributed by atoms with E-state index in [-0.39, 0.29) is 6.10 Å². The van der Waals surface area contributed by atoms with Crippen molar-refractivity contribution in [1.29, 1.82) is 0 Å². The molecule has 0 fully saturated rings. The number of amides is 2. The van der Waals surface area contributed by atoms with Gasteiger partial charge in [-0.2, -0.15) is 0 Å². The normalized spacial score (nSPS) is 20.3. The molecule has 0 aliphatic carbocycles. The number of primary amides is 2. The Morgan fingerprint density at radius 1 is 1.42 bits per heavy atom. The molecular weight excluding hydrogens is 255 g/mol. The molecule has 1 aliphatic rings. The van der Waals surface area contributed by atoms with Crippen LogP contribution < -0.4 is 16.2 Å². The Kier molecular flexibility index (Phi) is 4.68. The lowest BCUT2D eigenvalue weighted by Crippen LogP contribution is -2.27. The van der Waals surface area contributed by atoms with Crippen LogP contribution >= 0.6 is 0 Å². The molecular formula is C12H15FN2O4. The van der Waals surface area contributed by atoms with E-state index >= 15 is 0 Å². The molecule has 1 aliphatic heterocycles. The van der Waals surface area contributed by atoms with E-state index in [1.54, 1.807) is 0 Å². The molecule has 2 atom stereocenters. The molecule has 0 aromatic heterocycles. The smallest absolute Gasteiger partial charge is 0.311 e. The van der Waals surface area contributed by atoms with Gasteiger partial charge in [0.1, 0.15) is 11.6 Å². The van der Waals surface area contributed by atoms with Crippen molar-refractivity contribution in [3.05, 3.63) is 29.6 Å². The van der Waals surface area contributed by atoms with Gasteiger partial charge in [0.25, 0.3) is 0 Å². The van der Waals surface area contributed by atoms with E-state index in [1.165, 1.54) is 18.2 Å². The van der Waals surface area contributed by atoms with Gasteiger partial charge in [-0.05, 0) is 25.1 Å². The first-order valence-corrected chi connectivity index (χ1v) is 5.55. The molecule has 2 rings (SSSR count). The summed E-state index contributed by atoms with van der Waals surface area (Å²) in [7, 11) is 0. The molecule has 104 valence electrons. The first-order valence-electron chi connectivity index (χ1n) is 5.55. The third-order valence-corrected chi connectivity index (χ3v) is 2.54. The fraction of sp³-hybridized carbons (Fsp3) is 0.333. The third-order valence-electron chi connectivity index (χ3n) is 2.54. The molecule has 1 aromatic carbocycles. The summed E-state index contributed by atoms with van der Waals surface area (Å²) in [5.41, 5.74) is 8.93. The highest BCUT2D eigenvalue weighted by Crippen LogP contribution is 2.36. The lowest BCUT2D eigenvalue weighted by atomic mass is 9.90. The largest absolute Gasteiger partial charge is 0.490 e. The van der Waals surface area contributed by atoms with Gasteiger partial charge in [-0.3, -0.25) is 4.79 Å². The van der Waals surface area contributed by atoms with Crippen LogP contribution in [-0.2, 0) is 4.79 Å². The van der Waals surface area contributed by atoms with E-state index < -0.39 is 23.7 Å². The number of carboxylic acids is 1. The minimum Gasteiger partial charge on any atom is -0.490 e. The van der Waals surface area contributed by atoms with Crippen molar-refractivity contribution >= 4 is 12.0 Å². The first kappa shape index (κ1) is 14.7. The fourth-order valence-electron chi connectivity index (χ4n) is 1.86. The molecule has 0 radical (unpaired) electrons. The molecule has 19 heavy (non-hydrogen) atoms. The number of halogens is 1. The summed E-state index contributed by atoms with van der Waals surface area (Å²) in [4.78, 5) is 20.0. The van der Waals surface area contributed by atoms with E-state index in [0.29, 0.717) is 17.7 Å². The number of benzene rings is 1. The van der Waals surface area contributed by atoms with Crippen molar-refractivity contribution in [3.63, 3.8) is 0 Å². The molecule has 0 bridgehead atoms. The Bertz CT molecular complexity index is 489. The van der Waals surface area contributed by atoms with Gasteiger partial charge < -0.3 is 21.3 Å². The summed E-state index contributed by atoms with van der Waals surface area (Å²) < 4.78 is 18.4. The van der Waals surface area contributed by atoms with E-state index in [2.05, 4.69) is 11.5 Å². The van der Waals surface area contributed by atoms with Crippen molar-refractivity contribution in [2.24, 2.45) is 11.5 Å². The fourth-order valence-corrected chi connectivity index (χ4v) is 1.86. The maximum absolute atomic E-state index is 13.0. The summed E-state index contributed by atoms with van der Waals surface area (Å²) in [6, 6.07) is 3.16. The highest BCUT2D eigenvalue weighted by Gasteiger charge is 2.31. The van der Waals surface area contributed by atoms with Gasteiger partial charge in [0.2, 0.25) is 0 Å². The first-order chi connectivity index (χ1) is 8.81. The van der Waals surface area contributed by atoms with Gasteiger partial charge in [0.05, 0.1) is 12.0 Å². The average Bonchev–Trinajstić information content (AvgIpc) is 2.27. The summed E-state index contributed by atoms with van der Waals surface area (Å²) in [6.45, 7) is 1.81. The number of urea groups is 1. The Hall–Kier alpha value is -2.31. The number of hydrogen-bond acceptors (Lipinski definition) is 3. The Morgan fingerprint density at radius 2 is 2.00 bits per heavy atom. The van der Waals surface area contributed by atoms with Gasteiger partial charge in [-0.1, -0.05) is 0 Å². The Morgan fingerprint density at radius 3 is 2.53 bits per heavy atom. The molecule has 0 saturated carbocycles. The number of carbonyl (C=O) groups excluding carboxylic acids is 1. The van der Waals surface area contributed by atoms with Gasteiger partial charge >= 0.3 is 12.0 Å². The van der Waals surface area contributed by atoms with Crippen LogP contribution in [0.3, 0.4) is 0 Å². The van der Waals surface area contributed by atoms with Crippen LogP contribution in [-0.4, -0.2) is 23.2 Å². The Labute approximate surface area is 109 Å². The van der Waals surface area contributed by atoms with Crippen LogP contribution in [0.1, 0.15) is 24.8 Å². The van der Waals surface area contributed by atoms with E-state index in [1.807, 2.05) is 6.92 Å². The summed E-state index contributed by atoms with van der Waals surface area (Å²) in [6.07, 6.45) is 0.232. The predicted molar refractivity (Wildman–Crippen MR) is 65.3 cm³/mol. The third kappa shape index (κ3) is 4.13. The van der Waals surface area contributed by atoms with E-state index in [4.69, 9.17) is 14.6 Å². The molecule has 2 unspecified atom stereocenters. The lowest BCUT2D eigenvalue weighted by molar-refractivity contribution is -0.139. The molecule has 0 saturated heterocycles. The second kappa shape index (κ2) is 6.03. The molecule has 0 spiro atoms. The quantitative estimate of drug-likeness (QED) is 0.710. The minimum atomic E-state index is -0.933. The van der Waals surface area contributed by atoms with Crippen molar-refractivity contribution in [2.45, 2.75) is 25.4 Å². The highest BCUT2D eigenvalue weighted by atomic mass is 19.1. The average molecular weight is 270 g/mol.